The van der Waals surface area contributed by atoms with E-state index in [4.69, 9.17) is 19.8 Å². The van der Waals surface area contributed by atoms with E-state index in [-0.39, 0.29) is 10.8 Å². The summed E-state index contributed by atoms with van der Waals surface area (Å²) in [6.07, 6.45) is -1.16. The van der Waals surface area contributed by atoms with Crippen molar-refractivity contribution in [2.75, 3.05) is 0 Å². The normalized spacial score (nSPS) is 22.7. The molecular formula is C34H31N3O9S2. The highest BCUT2D eigenvalue weighted by Gasteiger charge is 2.65. The average Bonchev–Trinajstić information content (AvgIpc) is 3.52. The molecule has 2 saturated heterocycles. The van der Waals surface area contributed by atoms with Crippen molar-refractivity contribution in [2.45, 2.75) is 53.3 Å². The fraction of sp³-hybridized carbons (Fsp3) is 0.235. The zero-order valence-corrected chi connectivity index (χ0v) is 27.3. The minimum absolute atomic E-state index is 0.0730. The summed E-state index contributed by atoms with van der Waals surface area (Å²) in [4.78, 5) is 52.2. The number of ether oxygens (including phenoxy) is 2. The Kier molecular flexibility index (Phi) is 8.76. The second-order valence-corrected chi connectivity index (χ2v) is 15.1. The number of cyclic esters (lactones) is 1. The first-order valence-electron chi connectivity index (χ1n) is 14.8. The number of benzene rings is 4. The van der Waals surface area contributed by atoms with Gasteiger partial charge >= 0.3 is 11.9 Å². The maximum Gasteiger partial charge on any atom is 0.342 e. The molecule has 4 aromatic carbocycles. The summed E-state index contributed by atoms with van der Waals surface area (Å²) in [5, 5.41) is 4.03. The highest BCUT2D eigenvalue weighted by Crippen LogP contribution is 2.51. The molecule has 3 aliphatic rings. The molecule has 2 amide bonds. The summed E-state index contributed by atoms with van der Waals surface area (Å²) in [7, 11) is -4.09. The second-order valence-electron chi connectivity index (χ2n) is 11.9. The average molecular weight is 690 g/mol. The number of hydrogen-bond donors (Lipinski definition) is 3. The Morgan fingerprint density at radius 2 is 1.60 bits per heavy atom. The molecule has 48 heavy (non-hydrogen) atoms. The molecule has 4 N–H and O–H groups in total. The lowest BCUT2D eigenvalue weighted by Crippen LogP contribution is -2.71. The molecule has 1 unspecified atom stereocenters. The lowest BCUT2D eigenvalue weighted by molar-refractivity contribution is -0.180. The van der Waals surface area contributed by atoms with Crippen LogP contribution in [0.1, 0.15) is 47.7 Å². The van der Waals surface area contributed by atoms with E-state index < -0.39 is 62.5 Å². The Morgan fingerprint density at radius 1 is 0.958 bits per heavy atom. The minimum Gasteiger partial charge on any atom is -0.419 e. The van der Waals surface area contributed by atoms with Crippen molar-refractivity contribution < 1.29 is 41.6 Å². The second kappa shape index (κ2) is 12.7. The number of carbonyl (C=O) groups is 4. The van der Waals surface area contributed by atoms with E-state index in [0.717, 1.165) is 10.8 Å². The Labute approximate surface area is 280 Å². The predicted octanol–water partition coefficient (Wildman–Crippen LogP) is 3.73. The Balaban J connectivity index is 0.000000239. The molecule has 2 fully saturated rings. The third-order valence-corrected chi connectivity index (χ3v) is 10.7. The van der Waals surface area contributed by atoms with Gasteiger partial charge in [-0.25, -0.2) is 9.59 Å². The predicted molar refractivity (Wildman–Crippen MR) is 176 cm³/mol. The fourth-order valence-corrected chi connectivity index (χ4v) is 8.02. The zero-order valence-electron chi connectivity index (χ0n) is 25.7. The zero-order chi connectivity index (χ0) is 34.4. The summed E-state index contributed by atoms with van der Waals surface area (Å²) < 4.78 is 40.6. The van der Waals surface area contributed by atoms with Crippen LogP contribution in [0.5, 0.6) is 0 Å². The van der Waals surface area contributed by atoms with Gasteiger partial charge < -0.3 is 25.4 Å². The van der Waals surface area contributed by atoms with Gasteiger partial charge in [-0.2, -0.15) is 8.42 Å². The highest BCUT2D eigenvalue weighted by atomic mass is 32.2. The van der Waals surface area contributed by atoms with Crippen LogP contribution >= 0.6 is 11.8 Å². The van der Waals surface area contributed by atoms with Crippen LogP contribution < -0.4 is 11.1 Å². The molecule has 12 nitrogen and oxygen atoms in total. The highest BCUT2D eigenvalue weighted by molar-refractivity contribution is 8.01. The number of thioether (sulfide) groups is 1. The number of rotatable bonds is 6. The summed E-state index contributed by atoms with van der Waals surface area (Å²) >= 11 is 1.40. The van der Waals surface area contributed by atoms with Gasteiger partial charge in [0.05, 0.1) is 10.5 Å². The molecule has 3 aliphatic heterocycles. The maximum absolute atomic E-state index is 13.2. The van der Waals surface area contributed by atoms with Crippen LogP contribution in [-0.2, 0) is 34.0 Å². The van der Waals surface area contributed by atoms with Gasteiger partial charge in [0.15, 0.2) is 0 Å². The van der Waals surface area contributed by atoms with E-state index >= 15 is 0 Å². The number of β-lactam (4-membered cyclic amide) rings is 1. The Hall–Kier alpha value is -4.76. The van der Waals surface area contributed by atoms with Crippen molar-refractivity contribution in [1.29, 1.82) is 0 Å². The van der Waals surface area contributed by atoms with Crippen LogP contribution in [0.25, 0.3) is 10.8 Å². The SMILES string of the molecule is CC1(C)S[C@@H]2[C@H](NC(=O)[C@H](N)c3ccccc3)C(=O)N2[C@H]1C(=O)OC1OC(=O)c2ccccc21.O=S(=O)(O)c1ccc2ccccc2c1. The maximum atomic E-state index is 13.2. The minimum atomic E-state index is -4.09. The van der Waals surface area contributed by atoms with Crippen molar-refractivity contribution in [3.05, 3.63) is 114 Å². The third-order valence-electron chi connectivity index (χ3n) is 8.29. The lowest BCUT2D eigenvalue weighted by atomic mass is 9.95. The first kappa shape index (κ1) is 33.2. The van der Waals surface area contributed by atoms with Crippen LogP contribution in [0.3, 0.4) is 0 Å². The number of esters is 2. The van der Waals surface area contributed by atoms with Crippen LogP contribution in [0.2, 0.25) is 0 Å². The smallest absolute Gasteiger partial charge is 0.342 e. The first-order valence-corrected chi connectivity index (χ1v) is 17.2. The molecule has 0 aliphatic carbocycles. The number of nitrogens with zero attached hydrogens (tertiary/aromatic N) is 1. The molecule has 0 saturated carbocycles. The van der Waals surface area contributed by atoms with Crippen LogP contribution in [0, 0.1) is 0 Å². The van der Waals surface area contributed by atoms with Crippen molar-refractivity contribution in [3.63, 3.8) is 0 Å². The standard InChI is InChI=1S/C24H23N3O6S.C10H8O3S/c1-24(2)17(22(31)33-23-14-11-7-6-10-13(14)21(30)32-23)27-19(29)16(20(27)34-24)26-18(28)15(25)12-8-4-3-5-9-12;11-14(12,13)10-6-5-8-3-1-2-4-9(8)7-10/h3-11,15-17,20,23H,25H2,1-2H3,(H,26,28);1-7H,(H,11,12,13)/t15-,16-,17+,20-,23?;/m1./s1. The quantitative estimate of drug-likeness (QED) is 0.152. The molecule has 0 bridgehead atoms. The van der Waals surface area contributed by atoms with Gasteiger partial charge in [-0.15, -0.1) is 11.8 Å². The fourth-order valence-electron chi connectivity index (χ4n) is 5.88. The van der Waals surface area contributed by atoms with Gasteiger partial charge in [0.2, 0.25) is 11.8 Å². The van der Waals surface area contributed by atoms with Crippen molar-refractivity contribution in [1.82, 2.24) is 10.2 Å². The van der Waals surface area contributed by atoms with Gasteiger partial charge in [0.1, 0.15) is 23.5 Å². The van der Waals surface area contributed by atoms with Crippen molar-refractivity contribution in [3.8, 4) is 0 Å². The molecule has 3 heterocycles. The number of nitrogens with two attached hydrogens (primary N) is 1. The number of carbonyl (C=O) groups excluding carboxylic acids is 4. The summed E-state index contributed by atoms with van der Waals surface area (Å²) in [6, 6.07) is 24.8. The first-order chi connectivity index (χ1) is 22.8. The molecule has 7 rings (SSSR count). The lowest BCUT2D eigenvalue weighted by Gasteiger charge is -2.44. The summed E-state index contributed by atoms with van der Waals surface area (Å²) in [6.45, 7) is 3.66. The molecule has 4 aromatic rings. The number of amides is 2. The Morgan fingerprint density at radius 3 is 2.31 bits per heavy atom. The topological polar surface area (TPSA) is 182 Å². The van der Waals surface area contributed by atoms with Gasteiger partial charge in [-0.3, -0.25) is 14.1 Å². The molecular weight excluding hydrogens is 659 g/mol. The number of fused-ring (bicyclic) bond motifs is 3. The molecule has 14 heteroatoms. The van der Waals surface area contributed by atoms with E-state index in [9.17, 15) is 27.6 Å². The van der Waals surface area contributed by atoms with Gasteiger partial charge in [0, 0.05) is 10.3 Å². The van der Waals surface area contributed by atoms with Crippen molar-refractivity contribution >= 4 is 56.4 Å². The largest absolute Gasteiger partial charge is 0.419 e. The van der Waals surface area contributed by atoms with E-state index in [1.807, 2.05) is 38.1 Å². The Bertz CT molecular complexity index is 2040. The summed E-state index contributed by atoms with van der Waals surface area (Å²) in [5.74, 6) is -2.09. The van der Waals surface area contributed by atoms with Gasteiger partial charge in [-0.1, -0.05) is 78.9 Å². The monoisotopic (exact) mass is 689 g/mol. The van der Waals surface area contributed by atoms with E-state index in [1.165, 1.54) is 28.8 Å². The van der Waals surface area contributed by atoms with Crippen LogP contribution in [0.4, 0.5) is 0 Å². The molecule has 0 radical (unpaired) electrons. The third kappa shape index (κ3) is 6.27. The van der Waals surface area contributed by atoms with Crippen LogP contribution in [-0.4, -0.2) is 63.8 Å². The molecule has 0 aromatic heterocycles. The van der Waals surface area contributed by atoms with Gasteiger partial charge in [-0.05, 0) is 48.4 Å². The van der Waals surface area contributed by atoms with E-state index in [2.05, 4.69) is 5.32 Å². The van der Waals surface area contributed by atoms with Crippen molar-refractivity contribution in [2.24, 2.45) is 5.73 Å². The number of nitrogens with one attached hydrogen (secondary N) is 1. The molecule has 248 valence electrons. The number of hydrogen-bond acceptors (Lipinski definition) is 10. The van der Waals surface area contributed by atoms with E-state index in [1.54, 1.807) is 60.7 Å². The molecule has 0 spiro atoms. The van der Waals surface area contributed by atoms with E-state index in [0.29, 0.717) is 16.7 Å². The molecule has 5 atom stereocenters. The van der Waals surface area contributed by atoms with Crippen LogP contribution in [0.15, 0.2) is 102 Å². The summed E-state index contributed by atoms with van der Waals surface area (Å²) in [5.41, 5.74) is 7.51. The van der Waals surface area contributed by atoms with Gasteiger partial charge in [0.25, 0.3) is 16.4 Å².